The molecule has 154 valence electrons. The van der Waals surface area contributed by atoms with E-state index in [2.05, 4.69) is 20.0 Å². The third kappa shape index (κ3) is 3.32. The van der Waals surface area contributed by atoms with Crippen LogP contribution in [-0.2, 0) is 0 Å². The zero-order valence-electron chi connectivity index (χ0n) is 15.2. The number of nitrogens with zero attached hydrogens (tertiary/aromatic N) is 3. The highest BCUT2D eigenvalue weighted by atomic mass is 32.1. The lowest BCUT2D eigenvalue weighted by Gasteiger charge is -2.47. The van der Waals surface area contributed by atoms with Gasteiger partial charge in [0.15, 0.2) is 16.8 Å². The number of thiazole rings is 1. The van der Waals surface area contributed by atoms with Crippen molar-refractivity contribution in [1.29, 1.82) is 0 Å². The molecule has 6 rings (SSSR count). The summed E-state index contributed by atoms with van der Waals surface area (Å²) in [6, 6.07) is 2.31. The first-order chi connectivity index (χ1) is 13.8. The van der Waals surface area contributed by atoms with Gasteiger partial charge in [-0.2, -0.15) is 4.98 Å². The van der Waals surface area contributed by atoms with E-state index in [0.29, 0.717) is 35.7 Å². The Hall–Kier alpha value is -2.37. The van der Waals surface area contributed by atoms with Crippen LogP contribution in [-0.4, -0.2) is 46.6 Å². The fourth-order valence-electron chi connectivity index (χ4n) is 3.92. The quantitative estimate of drug-likeness (QED) is 0.661. The second-order valence-corrected chi connectivity index (χ2v) is 8.17. The molecule has 3 unspecified atom stereocenters. The Morgan fingerprint density at radius 3 is 2.69 bits per heavy atom. The third-order valence-corrected chi connectivity index (χ3v) is 5.97. The number of aliphatic hydroxyl groups excluding tert-OH is 1. The summed E-state index contributed by atoms with van der Waals surface area (Å²) in [6.07, 6.45) is -3.48. The Labute approximate surface area is 167 Å². The van der Waals surface area contributed by atoms with Crippen molar-refractivity contribution in [2.45, 2.75) is 37.9 Å². The molecule has 3 atom stereocenters. The monoisotopic (exact) mass is 426 g/mol. The van der Waals surface area contributed by atoms with Gasteiger partial charge in [-0.3, -0.25) is 0 Å². The largest absolute Gasteiger partial charge is 0.573 e. The molecule has 7 nitrogen and oxygen atoms in total. The molecule has 2 N–H and O–H groups in total. The van der Waals surface area contributed by atoms with Gasteiger partial charge in [0.2, 0.25) is 0 Å². The third-order valence-electron chi connectivity index (χ3n) is 5.16. The van der Waals surface area contributed by atoms with Gasteiger partial charge in [-0.25, -0.2) is 4.98 Å². The Morgan fingerprint density at radius 1 is 1.38 bits per heavy atom. The van der Waals surface area contributed by atoms with E-state index in [1.165, 1.54) is 24.3 Å². The number of ether oxygens (including phenoxy) is 1. The molecule has 0 radical (unpaired) electrons. The minimum atomic E-state index is -4.94. The van der Waals surface area contributed by atoms with Gasteiger partial charge < -0.3 is 24.5 Å². The Kier molecular flexibility index (Phi) is 4.23. The molecule has 2 aromatic heterocycles. The molecule has 3 saturated heterocycles. The molecule has 3 fully saturated rings. The molecule has 11 heteroatoms. The number of halogens is 3. The molecule has 2 bridgehead atoms. The number of benzene rings is 1. The predicted molar refractivity (Wildman–Crippen MR) is 100.0 cm³/mol. The number of hydrogen-bond donors (Lipinski definition) is 2. The van der Waals surface area contributed by atoms with E-state index in [4.69, 9.17) is 4.42 Å². The number of aromatic nitrogens is 2. The van der Waals surface area contributed by atoms with Crippen molar-refractivity contribution < 1.29 is 27.4 Å². The molecular formula is C18H17F3N4O3S. The zero-order valence-corrected chi connectivity index (χ0v) is 16.0. The second-order valence-electron chi connectivity index (χ2n) is 7.28. The fourth-order valence-corrected chi connectivity index (χ4v) is 4.57. The van der Waals surface area contributed by atoms with Crippen molar-refractivity contribution in [2.75, 3.05) is 18.0 Å². The molecule has 5 heterocycles. The summed E-state index contributed by atoms with van der Waals surface area (Å²) in [4.78, 5) is 10.5. The highest BCUT2D eigenvalue weighted by Crippen LogP contribution is 2.44. The number of piperazine rings is 1. The zero-order chi connectivity index (χ0) is 20.3. The minimum absolute atomic E-state index is 0.0250. The summed E-state index contributed by atoms with van der Waals surface area (Å²) < 4.78 is 49.6. The standard InChI is InChI=1S/C18H17F3N4O3S/c1-8(26)11-5-12(16-22-2-3-29-16)14-13(15(11)28-18(19,20)21)24-17(27-14)25-6-9-4-10(7-25)23-9/h2-3,5,8-10,23,26H,4,6-7H2,1H3. The van der Waals surface area contributed by atoms with Gasteiger partial charge in [-0.05, 0) is 19.4 Å². The number of anilines is 1. The van der Waals surface area contributed by atoms with Crippen molar-refractivity contribution in [2.24, 2.45) is 0 Å². The van der Waals surface area contributed by atoms with E-state index in [0.717, 1.165) is 6.42 Å². The van der Waals surface area contributed by atoms with Gasteiger partial charge in [0.25, 0.3) is 6.01 Å². The van der Waals surface area contributed by atoms with Crippen LogP contribution in [0.4, 0.5) is 19.2 Å². The number of fused-ring (bicyclic) bond motifs is 3. The lowest BCUT2D eigenvalue weighted by Crippen LogP contribution is -2.67. The smallest absolute Gasteiger partial charge is 0.422 e. The molecule has 0 amide bonds. The maximum atomic E-state index is 13.1. The lowest BCUT2D eigenvalue weighted by atomic mass is 9.92. The van der Waals surface area contributed by atoms with Crippen LogP contribution < -0.4 is 15.0 Å². The van der Waals surface area contributed by atoms with Crippen molar-refractivity contribution in [3.63, 3.8) is 0 Å². The molecule has 0 spiro atoms. The van der Waals surface area contributed by atoms with Crippen molar-refractivity contribution in [3.05, 3.63) is 23.2 Å². The summed E-state index contributed by atoms with van der Waals surface area (Å²) in [5.74, 6) is -0.543. The van der Waals surface area contributed by atoms with Gasteiger partial charge in [0.05, 0.1) is 11.7 Å². The summed E-state index contributed by atoms with van der Waals surface area (Å²) in [6.45, 7) is 2.70. The van der Waals surface area contributed by atoms with Crippen molar-refractivity contribution in [3.8, 4) is 16.3 Å². The highest BCUT2D eigenvalue weighted by Gasteiger charge is 2.39. The van der Waals surface area contributed by atoms with Crippen LogP contribution in [0.25, 0.3) is 21.7 Å². The number of piperidine rings is 1. The summed E-state index contributed by atoms with van der Waals surface area (Å²) in [5, 5.41) is 15.8. The highest BCUT2D eigenvalue weighted by molar-refractivity contribution is 7.13. The van der Waals surface area contributed by atoms with E-state index >= 15 is 0 Å². The Bertz CT molecular complexity index is 1030. The number of aliphatic hydroxyl groups is 1. The average Bonchev–Trinajstić information content (AvgIpc) is 3.30. The lowest BCUT2D eigenvalue weighted by molar-refractivity contribution is -0.274. The summed E-state index contributed by atoms with van der Waals surface area (Å²) in [7, 11) is 0. The first-order valence-corrected chi connectivity index (χ1v) is 9.98. The maximum Gasteiger partial charge on any atom is 0.573 e. The van der Waals surface area contributed by atoms with Crippen LogP contribution in [0.3, 0.4) is 0 Å². The number of alkyl halides is 3. The van der Waals surface area contributed by atoms with E-state index in [-0.39, 0.29) is 22.7 Å². The minimum Gasteiger partial charge on any atom is -0.422 e. The molecular weight excluding hydrogens is 409 g/mol. The van der Waals surface area contributed by atoms with Gasteiger partial charge in [0.1, 0.15) is 5.01 Å². The summed E-state index contributed by atoms with van der Waals surface area (Å²) in [5.41, 5.74) is 0.529. The molecule has 3 aliphatic rings. The van der Waals surface area contributed by atoms with Gasteiger partial charge in [-0.15, -0.1) is 24.5 Å². The van der Waals surface area contributed by atoms with Crippen LogP contribution in [0, 0.1) is 0 Å². The van der Waals surface area contributed by atoms with Crippen LogP contribution >= 0.6 is 11.3 Å². The molecule has 3 aliphatic heterocycles. The molecule has 3 aromatic rings. The van der Waals surface area contributed by atoms with E-state index in [1.54, 1.807) is 11.6 Å². The fraction of sp³-hybridized carbons (Fsp3) is 0.444. The SMILES string of the molecule is CC(O)c1cc(-c2nccs2)c2oc(N3CC4CC(C3)N4)nc2c1OC(F)(F)F. The summed E-state index contributed by atoms with van der Waals surface area (Å²) >= 11 is 1.32. The Morgan fingerprint density at radius 2 is 2.10 bits per heavy atom. The predicted octanol–water partition coefficient (Wildman–Crippen LogP) is 3.45. The first-order valence-electron chi connectivity index (χ1n) is 9.10. The average molecular weight is 426 g/mol. The normalized spacial score (nSPS) is 22.6. The van der Waals surface area contributed by atoms with Crippen LogP contribution in [0.2, 0.25) is 0 Å². The van der Waals surface area contributed by atoms with Crippen LogP contribution in [0.15, 0.2) is 22.1 Å². The topological polar surface area (TPSA) is 83.7 Å². The number of nitrogens with one attached hydrogen (secondary N) is 1. The molecule has 29 heavy (non-hydrogen) atoms. The van der Waals surface area contributed by atoms with Crippen LogP contribution in [0.5, 0.6) is 5.75 Å². The van der Waals surface area contributed by atoms with Crippen molar-refractivity contribution >= 4 is 28.5 Å². The van der Waals surface area contributed by atoms with Gasteiger partial charge in [-0.1, -0.05) is 0 Å². The van der Waals surface area contributed by atoms with E-state index < -0.39 is 18.2 Å². The second kappa shape index (κ2) is 6.57. The van der Waals surface area contributed by atoms with E-state index in [1.807, 2.05) is 4.90 Å². The molecule has 1 aromatic carbocycles. The molecule has 0 aliphatic carbocycles. The van der Waals surface area contributed by atoms with Crippen LogP contribution in [0.1, 0.15) is 25.0 Å². The Balaban J connectivity index is 1.71. The van der Waals surface area contributed by atoms with E-state index in [9.17, 15) is 18.3 Å². The molecule has 0 saturated carbocycles. The van der Waals surface area contributed by atoms with Crippen molar-refractivity contribution in [1.82, 2.24) is 15.3 Å². The number of rotatable bonds is 4. The van der Waals surface area contributed by atoms with Gasteiger partial charge >= 0.3 is 6.36 Å². The first kappa shape index (κ1) is 18.6. The maximum absolute atomic E-state index is 13.1. The number of hydrogen-bond acceptors (Lipinski definition) is 8. The van der Waals surface area contributed by atoms with Gasteiger partial charge in [0, 0.05) is 42.3 Å². The number of oxazole rings is 1.